The number of hydrogen-bond acceptors (Lipinski definition) is 4. The van der Waals surface area contributed by atoms with E-state index in [9.17, 15) is 0 Å². The molecule has 0 aromatic carbocycles. The lowest BCUT2D eigenvalue weighted by Crippen LogP contribution is -2.47. The van der Waals surface area contributed by atoms with E-state index < -0.39 is 0 Å². The van der Waals surface area contributed by atoms with Gasteiger partial charge in [0.15, 0.2) is 0 Å². The number of nitrogens with one attached hydrogen (secondary N) is 1. The molecule has 0 amide bonds. The van der Waals surface area contributed by atoms with Gasteiger partial charge in [-0.05, 0) is 39.5 Å². The SMILES string of the molecule is CCCN(C)C[C@H]1CN(CCCNC(C)C)CCO1. The molecule has 0 radical (unpaired) electrons. The van der Waals surface area contributed by atoms with Crippen LogP contribution in [0.4, 0.5) is 0 Å². The molecule has 0 aromatic rings. The van der Waals surface area contributed by atoms with Crippen molar-refractivity contribution >= 4 is 0 Å². The molecule has 1 saturated heterocycles. The Morgan fingerprint density at radius 2 is 2.21 bits per heavy atom. The minimum atomic E-state index is 0.392. The highest BCUT2D eigenvalue weighted by atomic mass is 16.5. The minimum Gasteiger partial charge on any atom is -0.374 e. The number of nitrogens with zero attached hydrogens (tertiary/aromatic N) is 2. The van der Waals surface area contributed by atoms with Crippen molar-refractivity contribution in [3.63, 3.8) is 0 Å². The van der Waals surface area contributed by atoms with Gasteiger partial charge in [0.05, 0.1) is 12.7 Å². The van der Waals surface area contributed by atoms with Gasteiger partial charge in [0.2, 0.25) is 0 Å². The highest BCUT2D eigenvalue weighted by Gasteiger charge is 2.20. The van der Waals surface area contributed by atoms with E-state index in [4.69, 9.17) is 4.74 Å². The average molecular weight is 271 g/mol. The second kappa shape index (κ2) is 9.70. The van der Waals surface area contributed by atoms with Crippen LogP contribution in [-0.4, -0.2) is 74.9 Å². The largest absolute Gasteiger partial charge is 0.374 e. The normalized spacial score (nSPS) is 21.5. The molecular weight excluding hydrogens is 238 g/mol. The van der Waals surface area contributed by atoms with Gasteiger partial charge in [-0.15, -0.1) is 0 Å². The van der Waals surface area contributed by atoms with E-state index in [2.05, 4.69) is 42.9 Å². The first-order valence-corrected chi connectivity index (χ1v) is 7.87. The smallest absolute Gasteiger partial charge is 0.0829 e. The average Bonchev–Trinajstić information content (AvgIpc) is 2.35. The third-order valence-electron chi connectivity index (χ3n) is 3.55. The molecule has 0 unspecified atom stereocenters. The molecular formula is C15H33N3O. The molecule has 0 spiro atoms. The van der Waals surface area contributed by atoms with Gasteiger partial charge in [-0.2, -0.15) is 0 Å². The third-order valence-corrected chi connectivity index (χ3v) is 3.55. The Bertz CT molecular complexity index is 223. The van der Waals surface area contributed by atoms with Crippen LogP contribution in [0.5, 0.6) is 0 Å². The summed E-state index contributed by atoms with van der Waals surface area (Å²) in [6, 6.07) is 0.597. The standard InChI is InChI=1S/C15H33N3O/c1-5-8-17(4)12-15-13-18(10-11-19-15)9-6-7-16-14(2)3/h14-16H,5-13H2,1-4H3/t15-/m0/s1. The fraction of sp³-hybridized carbons (Fsp3) is 1.00. The second-order valence-electron chi connectivity index (χ2n) is 6.02. The van der Waals surface area contributed by atoms with Crippen LogP contribution in [0.15, 0.2) is 0 Å². The van der Waals surface area contributed by atoms with E-state index in [1.54, 1.807) is 0 Å². The summed E-state index contributed by atoms with van der Waals surface area (Å²) in [4.78, 5) is 4.93. The number of rotatable bonds is 9. The molecule has 0 aromatic heterocycles. The maximum absolute atomic E-state index is 5.87. The maximum atomic E-state index is 5.87. The Kier molecular flexibility index (Phi) is 8.62. The van der Waals surface area contributed by atoms with Gasteiger partial charge in [-0.25, -0.2) is 0 Å². The predicted octanol–water partition coefficient (Wildman–Crippen LogP) is 1.42. The van der Waals surface area contributed by atoms with Crippen molar-refractivity contribution < 1.29 is 4.74 Å². The summed E-state index contributed by atoms with van der Waals surface area (Å²) in [5.74, 6) is 0. The predicted molar refractivity (Wildman–Crippen MR) is 81.7 cm³/mol. The fourth-order valence-corrected chi connectivity index (χ4v) is 2.61. The Balaban J connectivity index is 2.15. The summed E-state index contributed by atoms with van der Waals surface area (Å²) in [7, 11) is 2.19. The van der Waals surface area contributed by atoms with Crippen LogP contribution in [0.1, 0.15) is 33.6 Å². The van der Waals surface area contributed by atoms with Crippen molar-refractivity contribution in [1.29, 1.82) is 0 Å². The van der Waals surface area contributed by atoms with E-state index >= 15 is 0 Å². The van der Waals surface area contributed by atoms with Crippen LogP contribution in [0.3, 0.4) is 0 Å². The molecule has 0 bridgehead atoms. The van der Waals surface area contributed by atoms with Crippen LogP contribution < -0.4 is 5.32 Å². The van der Waals surface area contributed by atoms with Gasteiger partial charge in [-0.3, -0.25) is 4.90 Å². The van der Waals surface area contributed by atoms with Gasteiger partial charge in [0.1, 0.15) is 0 Å². The Hall–Kier alpha value is -0.160. The highest BCUT2D eigenvalue weighted by Crippen LogP contribution is 2.07. The first kappa shape index (κ1) is 16.9. The van der Waals surface area contributed by atoms with Crippen molar-refractivity contribution in [2.24, 2.45) is 0 Å². The lowest BCUT2D eigenvalue weighted by Gasteiger charge is -2.34. The van der Waals surface area contributed by atoms with Gasteiger partial charge in [0, 0.05) is 25.7 Å². The molecule has 4 nitrogen and oxygen atoms in total. The van der Waals surface area contributed by atoms with Crippen molar-refractivity contribution in [2.45, 2.75) is 45.8 Å². The molecule has 1 aliphatic rings. The molecule has 1 rings (SSSR count). The number of morpholine rings is 1. The molecule has 1 fully saturated rings. The lowest BCUT2D eigenvalue weighted by atomic mass is 10.2. The number of likely N-dealkylation sites (N-methyl/N-ethyl adjacent to an activating group) is 1. The zero-order chi connectivity index (χ0) is 14.1. The van der Waals surface area contributed by atoms with Gasteiger partial charge >= 0.3 is 0 Å². The summed E-state index contributed by atoms with van der Waals surface area (Å²) in [6.07, 6.45) is 2.84. The van der Waals surface area contributed by atoms with Crippen LogP contribution >= 0.6 is 0 Å². The molecule has 1 atom stereocenters. The first-order chi connectivity index (χ1) is 9.11. The van der Waals surface area contributed by atoms with Crippen LogP contribution in [0, 0.1) is 0 Å². The number of ether oxygens (including phenoxy) is 1. The summed E-state index contributed by atoms with van der Waals surface area (Å²) in [5.41, 5.74) is 0. The van der Waals surface area contributed by atoms with Crippen LogP contribution in [0.25, 0.3) is 0 Å². The second-order valence-corrected chi connectivity index (χ2v) is 6.02. The van der Waals surface area contributed by atoms with E-state index in [-0.39, 0.29) is 0 Å². The molecule has 0 saturated carbocycles. The lowest BCUT2D eigenvalue weighted by molar-refractivity contribution is -0.0405. The topological polar surface area (TPSA) is 27.7 Å². The summed E-state index contributed by atoms with van der Waals surface area (Å²) in [5, 5.41) is 3.48. The first-order valence-electron chi connectivity index (χ1n) is 7.87. The Morgan fingerprint density at radius 1 is 1.42 bits per heavy atom. The monoisotopic (exact) mass is 271 g/mol. The minimum absolute atomic E-state index is 0.392. The molecule has 1 heterocycles. The van der Waals surface area contributed by atoms with E-state index in [1.807, 2.05) is 0 Å². The molecule has 4 heteroatoms. The quantitative estimate of drug-likeness (QED) is 0.642. The van der Waals surface area contributed by atoms with Gasteiger partial charge in [-0.1, -0.05) is 20.8 Å². The molecule has 1 N–H and O–H groups in total. The summed E-state index contributed by atoms with van der Waals surface area (Å²) >= 11 is 0. The highest BCUT2D eigenvalue weighted by molar-refractivity contribution is 4.74. The Labute approximate surface area is 119 Å². The van der Waals surface area contributed by atoms with Crippen LogP contribution in [-0.2, 0) is 4.74 Å². The molecule has 114 valence electrons. The van der Waals surface area contributed by atoms with Crippen LogP contribution in [0.2, 0.25) is 0 Å². The van der Waals surface area contributed by atoms with E-state index in [0.29, 0.717) is 12.1 Å². The molecule has 1 aliphatic heterocycles. The molecule has 0 aliphatic carbocycles. The molecule has 19 heavy (non-hydrogen) atoms. The fourth-order valence-electron chi connectivity index (χ4n) is 2.61. The number of hydrogen-bond donors (Lipinski definition) is 1. The van der Waals surface area contributed by atoms with E-state index in [1.165, 1.54) is 19.4 Å². The Morgan fingerprint density at radius 3 is 2.89 bits per heavy atom. The van der Waals surface area contributed by atoms with Crippen molar-refractivity contribution in [3.8, 4) is 0 Å². The van der Waals surface area contributed by atoms with Crippen molar-refractivity contribution in [3.05, 3.63) is 0 Å². The summed E-state index contributed by atoms with van der Waals surface area (Å²) < 4.78 is 5.87. The van der Waals surface area contributed by atoms with Gasteiger partial charge in [0.25, 0.3) is 0 Å². The van der Waals surface area contributed by atoms with Gasteiger partial charge < -0.3 is 15.0 Å². The zero-order valence-electron chi connectivity index (χ0n) is 13.3. The zero-order valence-corrected chi connectivity index (χ0v) is 13.3. The van der Waals surface area contributed by atoms with Crippen molar-refractivity contribution in [2.75, 3.05) is 52.9 Å². The third kappa shape index (κ3) is 7.88. The maximum Gasteiger partial charge on any atom is 0.0829 e. The van der Waals surface area contributed by atoms with E-state index in [0.717, 1.165) is 39.3 Å². The summed E-state index contributed by atoms with van der Waals surface area (Å²) in [6.45, 7) is 14.3. The van der Waals surface area contributed by atoms with Crippen molar-refractivity contribution in [1.82, 2.24) is 15.1 Å².